The molecule has 11 heavy (non-hydrogen) atoms. The molecule has 0 aromatic rings. The average Bonchev–Trinajstić information content (AvgIpc) is 2.07. The van der Waals surface area contributed by atoms with Crippen LogP contribution in [0.15, 0.2) is 23.9 Å². The number of hydrogen-bond acceptors (Lipinski definition) is 2. The lowest BCUT2D eigenvalue weighted by atomic mass is 10.1. The lowest BCUT2D eigenvalue weighted by Crippen LogP contribution is -2.21. The van der Waals surface area contributed by atoms with Gasteiger partial charge in [-0.3, -0.25) is 0 Å². The van der Waals surface area contributed by atoms with Gasteiger partial charge in [-0.15, -0.1) is 0 Å². The maximum Gasteiger partial charge on any atom is 0.0606 e. The number of aliphatic hydroxyl groups is 1. The normalized spacial score (nSPS) is 16.4. The van der Waals surface area contributed by atoms with Crippen LogP contribution in [0.2, 0.25) is 0 Å². The SMILES string of the molecule is CN(CCO)C1=CCCC=C1. The maximum absolute atomic E-state index is 8.67. The number of rotatable bonds is 3. The first-order valence-electron chi connectivity index (χ1n) is 4.03. The van der Waals surface area contributed by atoms with Crippen molar-refractivity contribution in [1.29, 1.82) is 0 Å². The van der Waals surface area contributed by atoms with Crippen molar-refractivity contribution >= 4 is 0 Å². The second kappa shape index (κ2) is 4.19. The van der Waals surface area contributed by atoms with Crippen molar-refractivity contribution in [2.45, 2.75) is 12.8 Å². The van der Waals surface area contributed by atoms with Gasteiger partial charge in [0.05, 0.1) is 6.61 Å². The highest BCUT2D eigenvalue weighted by Gasteiger charge is 2.01. The fourth-order valence-electron chi connectivity index (χ4n) is 1.16. The monoisotopic (exact) mass is 153 g/mol. The third-order valence-electron chi connectivity index (χ3n) is 1.85. The summed E-state index contributed by atoms with van der Waals surface area (Å²) in [5.41, 5.74) is 1.23. The highest BCUT2D eigenvalue weighted by Crippen LogP contribution is 2.11. The van der Waals surface area contributed by atoms with Gasteiger partial charge in [0.2, 0.25) is 0 Å². The number of aliphatic hydroxyl groups excluding tert-OH is 1. The second-order valence-electron chi connectivity index (χ2n) is 2.75. The van der Waals surface area contributed by atoms with E-state index in [9.17, 15) is 0 Å². The van der Waals surface area contributed by atoms with Crippen molar-refractivity contribution in [3.05, 3.63) is 23.9 Å². The van der Waals surface area contributed by atoms with Gasteiger partial charge in [-0.2, -0.15) is 0 Å². The van der Waals surface area contributed by atoms with E-state index >= 15 is 0 Å². The molecule has 62 valence electrons. The van der Waals surface area contributed by atoms with Crippen LogP contribution in [0.5, 0.6) is 0 Å². The van der Waals surface area contributed by atoms with E-state index in [4.69, 9.17) is 5.11 Å². The van der Waals surface area contributed by atoms with Crippen LogP contribution in [-0.2, 0) is 0 Å². The van der Waals surface area contributed by atoms with E-state index in [2.05, 4.69) is 23.1 Å². The van der Waals surface area contributed by atoms with Crippen molar-refractivity contribution in [2.24, 2.45) is 0 Å². The van der Waals surface area contributed by atoms with Crippen LogP contribution in [0.4, 0.5) is 0 Å². The highest BCUT2D eigenvalue weighted by molar-refractivity contribution is 5.20. The van der Waals surface area contributed by atoms with Crippen LogP contribution in [0, 0.1) is 0 Å². The van der Waals surface area contributed by atoms with E-state index in [-0.39, 0.29) is 6.61 Å². The van der Waals surface area contributed by atoms with Gasteiger partial charge in [0.15, 0.2) is 0 Å². The summed E-state index contributed by atoms with van der Waals surface area (Å²) < 4.78 is 0. The second-order valence-corrected chi connectivity index (χ2v) is 2.75. The average molecular weight is 153 g/mol. The Kier molecular flexibility index (Phi) is 3.17. The van der Waals surface area contributed by atoms with Gasteiger partial charge in [0, 0.05) is 19.3 Å². The van der Waals surface area contributed by atoms with Gasteiger partial charge in [-0.1, -0.05) is 12.2 Å². The van der Waals surface area contributed by atoms with E-state index < -0.39 is 0 Å². The van der Waals surface area contributed by atoms with Crippen LogP contribution in [0.1, 0.15) is 12.8 Å². The van der Waals surface area contributed by atoms with Crippen LogP contribution in [0.3, 0.4) is 0 Å². The van der Waals surface area contributed by atoms with Crippen molar-refractivity contribution < 1.29 is 5.11 Å². The lowest BCUT2D eigenvalue weighted by Gasteiger charge is -2.20. The summed E-state index contributed by atoms with van der Waals surface area (Å²) in [6, 6.07) is 0. The first-order valence-corrected chi connectivity index (χ1v) is 4.03. The van der Waals surface area contributed by atoms with Crippen molar-refractivity contribution in [3.8, 4) is 0 Å². The zero-order valence-electron chi connectivity index (χ0n) is 6.95. The summed E-state index contributed by atoms with van der Waals surface area (Å²) in [6.45, 7) is 0.942. The molecule has 0 amide bonds. The van der Waals surface area contributed by atoms with Crippen molar-refractivity contribution in [2.75, 3.05) is 20.2 Å². The minimum Gasteiger partial charge on any atom is -0.395 e. The predicted molar refractivity (Wildman–Crippen MR) is 46.2 cm³/mol. The Bertz CT molecular complexity index is 172. The minimum absolute atomic E-state index is 0.224. The quantitative estimate of drug-likeness (QED) is 0.657. The van der Waals surface area contributed by atoms with Crippen LogP contribution < -0.4 is 0 Å². The van der Waals surface area contributed by atoms with E-state index in [1.807, 2.05) is 7.05 Å². The third kappa shape index (κ3) is 2.39. The number of allylic oxidation sites excluding steroid dienone is 3. The molecule has 2 heteroatoms. The molecule has 0 bridgehead atoms. The summed E-state index contributed by atoms with van der Waals surface area (Å²) in [5.74, 6) is 0. The molecule has 0 fully saturated rings. The summed E-state index contributed by atoms with van der Waals surface area (Å²) in [5, 5.41) is 8.67. The van der Waals surface area contributed by atoms with E-state index in [0.717, 1.165) is 19.4 Å². The Labute approximate surface area is 67.8 Å². The summed E-state index contributed by atoms with van der Waals surface area (Å²) in [7, 11) is 2.00. The Morgan fingerprint density at radius 1 is 1.55 bits per heavy atom. The minimum atomic E-state index is 0.224. The fraction of sp³-hybridized carbons (Fsp3) is 0.556. The largest absolute Gasteiger partial charge is 0.395 e. The molecule has 0 atom stereocenters. The summed E-state index contributed by atoms with van der Waals surface area (Å²) in [4.78, 5) is 2.07. The highest BCUT2D eigenvalue weighted by atomic mass is 16.3. The first-order chi connectivity index (χ1) is 5.34. The molecule has 0 aromatic heterocycles. The molecule has 0 aromatic carbocycles. The van der Waals surface area contributed by atoms with Gasteiger partial charge in [-0.25, -0.2) is 0 Å². The molecule has 0 saturated heterocycles. The van der Waals surface area contributed by atoms with E-state index in [0.29, 0.717) is 0 Å². The molecular formula is C9H15NO. The maximum atomic E-state index is 8.67. The van der Waals surface area contributed by atoms with Crippen LogP contribution >= 0.6 is 0 Å². The molecule has 0 saturated carbocycles. The van der Waals surface area contributed by atoms with Crippen LogP contribution in [0.25, 0.3) is 0 Å². The molecule has 1 N–H and O–H groups in total. The molecule has 0 spiro atoms. The van der Waals surface area contributed by atoms with Crippen LogP contribution in [-0.4, -0.2) is 30.2 Å². The molecular weight excluding hydrogens is 138 g/mol. The fourth-order valence-corrected chi connectivity index (χ4v) is 1.16. The molecule has 1 rings (SSSR count). The van der Waals surface area contributed by atoms with E-state index in [1.165, 1.54) is 5.70 Å². The topological polar surface area (TPSA) is 23.5 Å². The van der Waals surface area contributed by atoms with Crippen molar-refractivity contribution in [3.63, 3.8) is 0 Å². The molecule has 0 unspecified atom stereocenters. The summed E-state index contributed by atoms with van der Waals surface area (Å²) in [6.07, 6.45) is 8.76. The zero-order valence-corrected chi connectivity index (χ0v) is 6.95. The molecule has 0 radical (unpaired) electrons. The first kappa shape index (κ1) is 8.34. The molecule has 1 aliphatic rings. The third-order valence-corrected chi connectivity index (χ3v) is 1.85. The predicted octanol–water partition coefficient (Wildman–Crippen LogP) is 1.14. The Balaban J connectivity index is 2.45. The summed E-state index contributed by atoms with van der Waals surface area (Å²) >= 11 is 0. The van der Waals surface area contributed by atoms with Gasteiger partial charge >= 0.3 is 0 Å². The van der Waals surface area contributed by atoms with Gasteiger partial charge in [0.1, 0.15) is 0 Å². The van der Waals surface area contributed by atoms with E-state index in [1.54, 1.807) is 0 Å². The number of likely N-dealkylation sites (N-methyl/N-ethyl adjacent to an activating group) is 1. The molecule has 0 aliphatic heterocycles. The molecule has 0 heterocycles. The number of hydrogen-bond donors (Lipinski definition) is 1. The molecule has 1 aliphatic carbocycles. The van der Waals surface area contributed by atoms with Gasteiger partial charge in [0.25, 0.3) is 0 Å². The van der Waals surface area contributed by atoms with Gasteiger partial charge in [-0.05, 0) is 18.9 Å². The number of nitrogens with zero attached hydrogens (tertiary/aromatic N) is 1. The standard InChI is InChI=1S/C9H15NO/c1-10(7-8-11)9-5-3-2-4-6-9/h3,5-6,11H,2,4,7-8H2,1H3. The Morgan fingerprint density at radius 3 is 2.91 bits per heavy atom. The smallest absolute Gasteiger partial charge is 0.0606 e. The Hall–Kier alpha value is -0.760. The van der Waals surface area contributed by atoms with Crippen molar-refractivity contribution in [1.82, 2.24) is 4.90 Å². The lowest BCUT2D eigenvalue weighted by molar-refractivity contribution is 0.248. The molecule has 2 nitrogen and oxygen atoms in total. The van der Waals surface area contributed by atoms with Gasteiger partial charge < -0.3 is 10.0 Å². The zero-order chi connectivity index (χ0) is 8.10. The Morgan fingerprint density at radius 2 is 2.36 bits per heavy atom.